The van der Waals surface area contributed by atoms with Gasteiger partial charge in [-0.05, 0) is 61.7 Å². The van der Waals surface area contributed by atoms with Gasteiger partial charge in [0.15, 0.2) is 15.7 Å². The van der Waals surface area contributed by atoms with Crippen molar-refractivity contribution < 1.29 is 22.0 Å². The minimum Gasteiger partial charge on any atom is -0.384 e. The monoisotopic (exact) mass is 487 g/mol. The molecule has 1 aliphatic carbocycles. The molecule has 0 atom stereocenters. The molecule has 2 aromatic carbocycles. The van der Waals surface area contributed by atoms with Crippen molar-refractivity contribution in [3.63, 3.8) is 0 Å². The number of aryl methyl sites for hydroxylation is 1. The fourth-order valence-electron chi connectivity index (χ4n) is 3.72. The number of amides is 2. The summed E-state index contributed by atoms with van der Waals surface area (Å²) in [5.41, 5.74) is 7.72. The highest BCUT2D eigenvalue weighted by Crippen LogP contribution is 2.55. The van der Waals surface area contributed by atoms with E-state index in [-0.39, 0.29) is 28.8 Å². The van der Waals surface area contributed by atoms with E-state index in [1.54, 1.807) is 31.2 Å². The number of nitrogens with zero attached hydrogens (tertiary/aromatic N) is 2. The van der Waals surface area contributed by atoms with E-state index in [0.717, 1.165) is 6.07 Å². The van der Waals surface area contributed by atoms with Gasteiger partial charge in [0.25, 0.3) is 0 Å². The lowest BCUT2D eigenvalue weighted by molar-refractivity contribution is 0.251. The Balaban J connectivity index is 1.65. The maximum absolute atomic E-state index is 13.9. The molecular formula is C23H23F2N5O3S. The van der Waals surface area contributed by atoms with Crippen molar-refractivity contribution in [2.24, 2.45) is 0 Å². The Morgan fingerprint density at radius 3 is 2.47 bits per heavy atom. The van der Waals surface area contributed by atoms with E-state index in [1.165, 1.54) is 18.2 Å². The van der Waals surface area contributed by atoms with Crippen molar-refractivity contribution >= 4 is 27.4 Å². The second-order valence-corrected chi connectivity index (χ2v) is 10.3. The molecule has 0 bridgehead atoms. The number of alkyl halides is 1. The molecule has 11 heteroatoms. The van der Waals surface area contributed by atoms with E-state index in [2.05, 4.69) is 20.6 Å². The summed E-state index contributed by atoms with van der Waals surface area (Å²) in [4.78, 5) is 20.4. The van der Waals surface area contributed by atoms with E-state index in [1.807, 2.05) is 0 Å². The van der Waals surface area contributed by atoms with Crippen LogP contribution in [0.4, 0.5) is 25.1 Å². The molecule has 1 fully saturated rings. The van der Waals surface area contributed by atoms with Crippen LogP contribution in [0, 0.1) is 12.7 Å². The van der Waals surface area contributed by atoms with Crippen LogP contribution in [-0.4, -0.2) is 37.6 Å². The van der Waals surface area contributed by atoms with Gasteiger partial charge in [-0.15, -0.1) is 0 Å². The first kappa shape index (κ1) is 23.6. The van der Waals surface area contributed by atoms with Gasteiger partial charge in [-0.3, -0.25) is 0 Å². The Morgan fingerprint density at radius 2 is 1.82 bits per heavy atom. The molecule has 178 valence electrons. The van der Waals surface area contributed by atoms with Crippen LogP contribution in [0.1, 0.15) is 24.1 Å². The van der Waals surface area contributed by atoms with Crippen LogP contribution in [0.15, 0.2) is 53.4 Å². The zero-order valence-electron chi connectivity index (χ0n) is 18.3. The van der Waals surface area contributed by atoms with Crippen molar-refractivity contribution in [1.29, 1.82) is 0 Å². The number of carbonyl (C=O) groups excluding carboxylic acids is 1. The predicted molar refractivity (Wildman–Crippen MR) is 124 cm³/mol. The molecule has 2 amide bonds. The Morgan fingerprint density at radius 1 is 1.12 bits per heavy atom. The smallest absolute Gasteiger partial charge is 0.319 e. The number of nitrogens with one attached hydrogen (secondary N) is 2. The Kier molecular flexibility index (Phi) is 6.22. The van der Waals surface area contributed by atoms with E-state index < -0.39 is 33.1 Å². The Labute approximate surface area is 195 Å². The molecule has 34 heavy (non-hydrogen) atoms. The standard InChI is InChI=1S/C23H23F2N5O3S/c1-14-2-5-16(25)12-18(14)34(32,33)23(8-9-23)19-13-20(26)30-21(29-19)15-3-6-17(7-4-15)28-22(31)27-11-10-24/h2-7,12-13H,8-11H2,1H3,(H2,26,29,30)(H2,27,28,31). The van der Waals surface area contributed by atoms with Crippen molar-refractivity contribution in [3.05, 3.63) is 65.6 Å². The van der Waals surface area contributed by atoms with Gasteiger partial charge in [-0.25, -0.2) is 32.0 Å². The fraction of sp³-hybridized carbons (Fsp3) is 0.261. The van der Waals surface area contributed by atoms with E-state index in [4.69, 9.17) is 5.73 Å². The maximum atomic E-state index is 13.9. The molecule has 1 saturated carbocycles. The van der Waals surface area contributed by atoms with E-state index in [9.17, 15) is 22.0 Å². The third-order valence-electron chi connectivity index (χ3n) is 5.65. The van der Waals surface area contributed by atoms with E-state index in [0.29, 0.717) is 29.7 Å². The van der Waals surface area contributed by atoms with Gasteiger partial charge < -0.3 is 16.4 Å². The topological polar surface area (TPSA) is 127 Å². The third kappa shape index (κ3) is 4.43. The van der Waals surface area contributed by atoms with Crippen molar-refractivity contribution in [2.75, 3.05) is 24.3 Å². The minimum atomic E-state index is -3.94. The number of carbonyl (C=O) groups is 1. The van der Waals surface area contributed by atoms with Crippen LogP contribution in [0.5, 0.6) is 0 Å². The van der Waals surface area contributed by atoms with E-state index >= 15 is 0 Å². The van der Waals surface area contributed by atoms with Gasteiger partial charge in [-0.1, -0.05) is 6.07 Å². The summed E-state index contributed by atoms with van der Waals surface area (Å²) in [6, 6.07) is 11.1. The highest BCUT2D eigenvalue weighted by molar-refractivity contribution is 7.92. The largest absolute Gasteiger partial charge is 0.384 e. The second kappa shape index (κ2) is 8.98. The van der Waals surface area contributed by atoms with Crippen LogP contribution >= 0.6 is 0 Å². The average Bonchev–Trinajstić information content (AvgIpc) is 3.62. The van der Waals surface area contributed by atoms with Gasteiger partial charge in [0, 0.05) is 23.9 Å². The van der Waals surface area contributed by atoms with Crippen LogP contribution in [0.3, 0.4) is 0 Å². The molecule has 8 nitrogen and oxygen atoms in total. The summed E-state index contributed by atoms with van der Waals surface area (Å²) in [5, 5.41) is 4.92. The van der Waals surface area contributed by atoms with Gasteiger partial charge in [-0.2, -0.15) is 0 Å². The Bertz CT molecular complexity index is 1340. The number of nitrogens with two attached hydrogens (primary N) is 1. The highest BCUT2D eigenvalue weighted by atomic mass is 32.2. The molecule has 0 aliphatic heterocycles. The number of rotatable bonds is 7. The number of hydrogen-bond acceptors (Lipinski definition) is 6. The lowest BCUT2D eigenvalue weighted by Gasteiger charge is -2.18. The zero-order chi connectivity index (χ0) is 24.5. The SMILES string of the molecule is Cc1ccc(F)cc1S(=O)(=O)C1(c2cc(N)nc(-c3ccc(NC(=O)NCCF)cc3)n2)CC1. The molecule has 0 radical (unpaired) electrons. The molecule has 3 aromatic rings. The fourth-order valence-corrected chi connectivity index (χ4v) is 5.92. The number of urea groups is 1. The summed E-state index contributed by atoms with van der Waals surface area (Å²) < 4.78 is 51.8. The highest BCUT2D eigenvalue weighted by Gasteiger charge is 2.58. The second-order valence-electron chi connectivity index (χ2n) is 8.06. The molecule has 0 unspecified atom stereocenters. The van der Waals surface area contributed by atoms with Crippen LogP contribution in [0.25, 0.3) is 11.4 Å². The summed E-state index contributed by atoms with van der Waals surface area (Å²) in [7, 11) is -3.94. The Hall–Kier alpha value is -3.60. The van der Waals surface area contributed by atoms with Crippen molar-refractivity contribution in [3.8, 4) is 11.4 Å². The van der Waals surface area contributed by atoms with Crippen molar-refractivity contribution in [2.45, 2.75) is 29.4 Å². The number of aromatic nitrogens is 2. The minimum absolute atomic E-state index is 0.0646. The number of halogens is 2. The predicted octanol–water partition coefficient (Wildman–Crippen LogP) is 3.73. The van der Waals surface area contributed by atoms with Gasteiger partial charge in [0.05, 0.1) is 10.6 Å². The van der Waals surface area contributed by atoms with Crippen molar-refractivity contribution in [1.82, 2.24) is 15.3 Å². The number of anilines is 2. The summed E-state index contributed by atoms with van der Waals surface area (Å²) in [6.07, 6.45) is 0.663. The first-order chi connectivity index (χ1) is 16.2. The normalized spacial score (nSPS) is 14.4. The summed E-state index contributed by atoms with van der Waals surface area (Å²) in [5.74, 6) is -0.305. The molecule has 0 spiro atoms. The molecular weight excluding hydrogens is 464 g/mol. The quantitative estimate of drug-likeness (QED) is 0.466. The lowest BCUT2D eigenvalue weighted by atomic mass is 10.1. The molecule has 4 N–H and O–H groups in total. The first-order valence-electron chi connectivity index (χ1n) is 10.5. The molecule has 0 saturated heterocycles. The average molecular weight is 488 g/mol. The number of nitrogen functional groups attached to an aromatic ring is 1. The van der Waals surface area contributed by atoms with Gasteiger partial charge >= 0.3 is 6.03 Å². The van der Waals surface area contributed by atoms with Crippen LogP contribution in [-0.2, 0) is 14.6 Å². The maximum Gasteiger partial charge on any atom is 0.319 e. The zero-order valence-corrected chi connectivity index (χ0v) is 19.1. The number of benzene rings is 2. The van der Waals surface area contributed by atoms with Crippen LogP contribution < -0.4 is 16.4 Å². The van der Waals surface area contributed by atoms with Gasteiger partial charge in [0.1, 0.15) is 23.1 Å². The van der Waals surface area contributed by atoms with Crippen LogP contribution in [0.2, 0.25) is 0 Å². The molecule has 1 heterocycles. The molecule has 1 aromatic heterocycles. The van der Waals surface area contributed by atoms with Gasteiger partial charge in [0.2, 0.25) is 0 Å². The number of hydrogen-bond donors (Lipinski definition) is 3. The summed E-state index contributed by atoms with van der Waals surface area (Å²) in [6.45, 7) is 0.858. The molecule has 1 aliphatic rings. The third-order valence-corrected chi connectivity index (χ3v) is 8.32. The molecule has 4 rings (SSSR count). The lowest BCUT2D eigenvalue weighted by Crippen LogP contribution is -2.30. The first-order valence-corrected chi connectivity index (χ1v) is 12.0. The number of sulfone groups is 1. The summed E-state index contributed by atoms with van der Waals surface area (Å²) >= 11 is 0.